The van der Waals surface area contributed by atoms with Gasteiger partial charge >= 0.3 is 0 Å². The standard InChI is InChI=1S/C49H53N/c1-3-5-7-9-11-18-33-49(32-17-10-8-6-4-2)46-35-41(37-19-13-12-14-20-37)27-29-44(46)45-30-28-42(36-47(45)49)38-23-25-40(26-24-38)48-43-22-16-15-21-39(43)31-34-50-48/h12-16,19-31,34-36H,3-11,17-18,32-33H2,1-2H3. The minimum absolute atomic E-state index is 0.0370. The summed E-state index contributed by atoms with van der Waals surface area (Å²) >= 11 is 0. The van der Waals surface area contributed by atoms with Crippen LogP contribution in [0.3, 0.4) is 0 Å². The van der Waals surface area contributed by atoms with E-state index in [4.69, 9.17) is 4.98 Å². The van der Waals surface area contributed by atoms with E-state index in [-0.39, 0.29) is 5.41 Å². The maximum absolute atomic E-state index is 4.80. The van der Waals surface area contributed by atoms with Crippen molar-refractivity contribution in [1.82, 2.24) is 4.98 Å². The summed E-state index contributed by atoms with van der Waals surface area (Å²) in [7, 11) is 0. The van der Waals surface area contributed by atoms with Crippen LogP contribution >= 0.6 is 0 Å². The summed E-state index contributed by atoms with van der Waals surface area (Å²) in [6, 6.07) is 45.5. The average Bonchev–Trinajstić information content (AvgIpc) is 3.44. The van der Waals surface area contributed by atoms with E-state index in [2.05, 4.69) is 135 Å². The number of fused-ring (bicyclic) bond motifs is 4. The second-order valence-corrected chi connectivity index (χ2v) is 14.6. The van der Waals surface area contributed by atoms with Crippen molar-refractivity contribution >= 4 is 10.8 Å². The number of unbranched alkanes of at least 4 members (excludes halogenated alkanes) is 9. The number of pyridine rings is 1. The zero-order chi connectivity index (χ0) is 34.2. The van der Waals surface area contributed by atoms with Gasteiger partial charge in [-0.05, 0) is 80.9 Å². The largest absolute Gasteiger partial charge is 0.256 e. The fourth-order valence-electron chi connectivity index (χ4n) is 8.56. The van der Waals surface area contributed by atoms with Crippen LogP contribution in [0.1, 0.15) is 108 Å². The zero-order valence-electron chi connectivity index (χ0n) is 30.3. The van der Waals surface area contributed by atoms with Gasteiger partial charge in [-0.15, -0.1) is 0 Å². The van der Waals surface area contributed by atoms with E-state index in [1.54, 1.807) is 11.1 Å². The van der Waals surface area contributed by atoms with Crippen molar-refractivity contribution in [3.05, 3.63) is 139 Å². The van der Waals surface area contributed by atoms with Crippen molar-refractivity contribution < 1.29 is 0 Å². The third kappa shape index (κ3) is 7.06. The molecule has 1 nitrogen and oxygen atoms in total. The van der Waals surface area contributed by atoms with Crippen molar-refractivity contribution in [1.29, 1.82) is 0 Å². The maximum Gasteiger partial charge on any atom is 0.0780 e. The second kappa shape index (κ2) is 16.0. The molecule has 1 aliphatic carbocycles. The van der Waals surface area contributed by atoms with Crippen LogP contribution in [-0.2, 0) is 5.41 Å². The van der Waals surface area contributed by atoms with Gasteiger partial charge in [0.2, 0.25) is 0 Å². The highest BCUT2D eigenvalue weighted by molar-refractivity contribution is 5.94. The monoisotopic (exact) mass is 655 g/mol. The van der Waals surface area contributed by atoms with Gasteiger partial charge in [0.1, 0.15) is 0 Å². The van der Waals surface area contributed by atoms with Gasteiger partial charge in [-0.3, -0.25) is 4.98 Å². The first-order chi connectivity index (χ1) is 24.7. The Morgan fingerprint density at radius 2 is 0.940 bits per heavy atom. The maximum atomic E-state index is 4.80. The SMILES string of the molecule is CCCCCCCCC1(CCCCCCC)c2cc(-c3ccccc3)ccc2-c2ccc(-c3ccc(-c4nccc5ccccc45)cc3)cc21. The number of nitrogens with zero attached hydrogens (tertiary/aromatic N) is 1. The first kappa shape index (κ1) is 34.0. The Hall–Kier alpha value is -4.49. The van der Waals surface area contributed by atoms with Crippen molar-refractivity contribution in [3.8, 4) is 44.6 Å². The molecule has 1 heteroatoms. The first-order valence-electron chi connectivity index (χ1n) is 19.5. The lowest BCUT2D eigenvalue weighted by atomic mass is 9.70. The predicted octanol–water partition coefficient (Wildman–Crippen LogP) is 14.6. The molecule has 1 aromatic heterocycles. The topological polar surface area (TPSA) is 12.9 Å². The van der Waals surface area contributed by atoms with Gasteiger partial charge in [0, 0.05) is 22.6 Å². The molecule has 0 radical (unpaired) electrons. The van der Waals surface area contributed by atoms with Crippen LogP contribution in [0, 0.1) is 0 Å². The lowest BCUT2D eigenvalue weighted by Gasteiger charge is -2.33. The third-order valence-corrected chi connectivity index (χ3v) is 11.3. The Morgan fingerprint density at radius 1 is 0.440 bits per heavy atom. The molecule has 0 amide bonds. The van der Waals surface area contributed by atoms with Crippen LogP contribution in [-0.4, -0.2) is 4.98 Å². The quantitative estimate of drug-likeness (QED) is 0.0946. The Kier molecular flexibility index (Phi) is 10.9. The smallest absolute Gasteiger partial charge is 0.0780 e. The van der Waals surface area contributed by atoms with E-state index in [0.29, 0.717) is 0 Å². The Bertz CT molecular complexity index is 2000. The summed E-state index contributed by atoms with van der Waals surface area (Å²) in [5.74, 6) is 0. The minimum atomic E-state index is 0.0370. The summed E-state index contributed by atoms with van der Waals surface area (Å²) in [5.41, 5.74) is 13.5. The second-order valence-electron chi connectivity index (χ2n) is 14.6. The molecule has 0 fully saturated rings. The van der Waals surface area contributed by atoms with E-state index >= 15 is 0 Å². The summed E-state index contributed by atoms with van der Waals surface area (Å²) in [5, 5.41) is 2.43. The number of hydrogen-bond acceptors (Lipinski definition) is 1. The van der Waals surface area contributed by atoms with Gasteiger partial charge in [-0.2, -0.15) is 0 Å². The molecule has 7 rings (SSSR count). The molecule has 1 aliphatic rings. The average molecular weight is 656 g/mol. The Labute approximate surface area is 300 Å². The van der Waals surface area contributed by atoms with Crippen LogP contribution in [0.4, 0.5) is 0 Å². The van der Waals surface area contributed by atoms with Gasteiger partial charge < -0.3 is 0 Å². The molecule has 1 unspecified atom stereocenters. The van der Waals surface area contributed by atoms with E-state index in [1.165, 1.54) is 128 Å². The molecule has 0 spiro atoms. The van der Waals surface area contributed by atoms with Crippen molar-refractivity contribution in [2.24, 2.45) is 0 Å². The third-order valence-electron chi connectivity index (χ3n) is 11.3. The minimum Gasteiger partial charge on any atom is -0.256 e. The molecule has 254 valence electrons. The van der Waals surface area contributed by atoms with Crippen LogP contribution < -0.4 is 0 Å². The fourth-order valence-corrected chi connectivity index (χ4v) is 8.56. The highest BCUT2D eigenvalue weighted by Crippen LogP contribution is 2.55. The molecule has 0 bridgehead atoms. The van der Waals surface area contributed by atoms with Crippen molar-refractivity contribution in [2.45, 2.75) is 103 Å². The summed E-state index contributed by atoms with van der Waals surface area (Å²) in [6.07, 6.45) is 18.9. The van der Waals surface area contributed by atoms with E-state index < -0.39 is 0 Å². The van der Waals surface area contributed by atoms with Gasteiger partial charge in [-0.25, -0.2) is 0 Å². The fraction of sp³-hybridized carbons (Fsp3) is 0.327. The highest BCUT2D eigenvalue weighted by atomic mass is 14.7. The number of rotatable bonds is 16. The molecule has 0 aliphatic heterocycles. The summed E-state index contributed by atoms with van der Waals surface area (Å²) < 4.78 is 0. The predicted molar refractivity (Wildman–Crippen MR) is 216 cm³/mol. The van der Waals surface area contributed by atoms with Gasteiger partial charge in [0.25, 0.3) is 0 Å². The van der Waals surface area contributed by atoms with Crippen molar-refractivity contribution in [3.63, 3.8) is 0 Å². The molecular formula is C49H53N. The molecule has 1 atom stereocenters. The molecular weight excluding hydrogens is 603 g/mol. The van der Waals surface area contributed by atoms with Gasteiger partial charge in [0.15, 0.2) is 0 Å². The summed E-state index contributed by atoms with van der Waals surface area (Å²) in [6.45, 7) is 4.64. The summed E-state index contributed by atoms with van der Waals surface area (Å²) in [4.78, 5) is 4.80. The van der Waals surface area contributed by atoms with E-state index in [1.807, 2.05) is 6.20 Å². The number of hydrogen-bond donors (Lipinski definition) is 0. The number of benzene rings is 5. The molecule has 50 heavy (non-hydrogen) atoms. The molecule has 0 saturated carbocycles. The van der Waals surface area contributed by atoms with Gasteiger partial charge in [-0.1, -0.05) is 188 Å². The first-order valence-corrected chi connectivity index (χ1v) is 19.5. The molecule has 0 saturated heterocycles. The van der Waals surface area contributed by atoms with E-state index in [9.17, 15) is 0 Å². The molecule has 5 aromatic carbocycles. The van der Waals surface area contributed by atoms with Gasteiger partial charge in [0.05, 0.1) is 5.69 Å². The molecule has 0 N–H and O–H groups in total. The number of aromatic nitrogens is 1. The van der Waals surface area contributed by atoms with Crippen LogP contribution in [0.2, 0.25) is 0 Å². The Morgan fingerprint density at radius 3 is 1.56 bits per heavy atom. The zero-order valence-corrected chi connectivity index (χ0v) is 30.3. The lowest BCUT2D eigenvalue weighted by molar-refractivity contribution is 0.398. The normalized spacial score (nSPS) is 14.9. The highest BCUT2D eigenvalue weighted by Gasteiger charge is 2.42. The molecule has 6 aromatic rings. The Balaban J connectivity index is 1.28. The van der Waals surface area contributed by atoms with Crippen molar-refractivity contribution in [2.75, 3.05) is 0 Å². The molecule has 1 heterocycles. The van der Waals surface area contributed by atoms with E-state index in [0.717, 1.165) is 11.3 Å². The van der Waals surface area contributed by atoms with Crippen LogP contribution in [0.15, 0.2) is 128 Å². The lowest BCUT2D eigenvalue weighted by Crippen LogP contribution is -2.25. The van der Waals surface area contributed by atoms with Crippen LogP contribution in [0.5, 0.6) is 0 Å². The van der Waals surface area contributed by atoms with Crippen LogP contribution in [0.25, 0.3) is 55.4 Å².